The molecule has 2 aromatic rings. The topological polar surface area (TPSA) is 37.8 Å². The summed E-state index contributed by atoms with van der Waals surface area (Å²) in [4.78, 5) is 13.8. The maximum absolute atomic E-state index is 12.5. The van der Waals surface area contributed by atoms with Crippen molar-refractivity contribution in [1.29, 1.82) is 0 Å². The van der Waals surface area contributed by atoms with Crippen LogP contribution in [0.15, 0.2) is 35.3 Å². The van der Waals surface area contributed by atoms with Crippen molar-refractivity contribution in [2.75, 3.05) is 0 Å². The molecule has 0 spiro atoms. The molecule has 6 heteroatoms. The van der Waals surface area contributed by atoms with Crippen molar-refractivity contribution >= 4 is 0 Å². The van der Waals surface area contributed by atoms with Gasteiger partial charge in [0, 0.05) is 11.9 Å². The summed E-state index contributed by atoms with van der Waals surface area (Å²) in [6.45, 7) is 1.64. The molecule has 1 aromatic carbocycles. The summed E-state index contributed by atoms with van der Waals surface area (Å²) in [6.07, 6.45) is -2.97. The van der Waals surface area contributed by atoms with Crippen molar-refractivity contribution in [2.45, 2.75) is 13.1 Å². The van der Waals surface area contributed by atoms with Crippen molar-refractivity contribution < 1.29 is 13.2 Å². The lowest BCUT2D eigenvalue weighted by Gasteiger charge is -2.09. The van der Waals surface area contributed by atoms with Gasteiger partial charge in [-0.15, -0.1) is 0 Å². The summed E-state index contributed by atoms with van der Waals surface area (Å²) in [5.41, 5.74) is -0.484. The molecule has 1 N–H and O–H groups in total. The lowest BCUT2D eigenvalue weighted by atomic mass is 10.2. The van der Waals surface area contributed by atoms with Crippen molar-refractivity contribution in [3.05, 3.63) is 52.2 Å². The average molecular weight is 242 g/mol. The second-order valence-corrected chi connectivity index (χ2v) is 3.62. The smallest absolute Gasteiger partial charge is 0.312 e. The third-order valence-corrected chi connectivity index (χ3v) is 2.39. The number of hydrogen-bond acceptors (Lipinski definition) is 1. The summed E-state index contributed by atoms with van der Waals surface area (Å²) in [5.74, 6) is 0. The normalized spacial score (nSPS) is 11.8. The number of halogens is 3. The molecule has 17 heavy (non-hydrogen) atoms. The van der Waals surface area contributed by atoms with Gasteiger partial charge < -0.3 is 4.98 Å². The van der Waals surface area contributed by atoms with Gasteiger partial charge in [0.1, 0.15) is 0 Å². The minimum absolute atomic E-state index is 0.198. The fraction of sp³-hybridized carbons (Fsp3) is 0.182. The molecule has 3 nitrogen and oxygen atoms in total. The zero-order valence-corrected chi connectivity index (χ0v) is 8.88. The van der Waals surface area contributed by atoms with E-state index in [0.29, 0.717) is 5.69 Å². The Morgan fingerprint density at radius 3 is 2.53 bits per heavy atom. The van der Waals surface area contributed by atoms with Crippen LogP contribution >= 0.6 is 0 Å². The summed E-state index contributed by atoms with van der Waals surface area (Å²) in [6, 6.07) is 4.65. The molecular weight excluding hydrogens is 233 g/mol. The van der Waals surface area contributed by atoms with Crippen LogP contribution in [0.25, 0.3) is 5.69 Å². The van der Waals surface area contributed by atoms with Gasteiger partial charge in [0.2, 0.25) is 0 Å². The van der Waals surface area contributed by atoms with Crippen LogP contribution in [0, 0.1) is 6.92 Å². The van der Waals surface area contributed by atoms with Gasteiger partial charge >= 0.3 is 11.9 Å². The van der Waals surface area contributed by atoms with E-state index in [9.17, 15) is 18.0 Å². The zero-order chi connectivity index (χ0) is 12.6. The van der Waals surface area contributed by atoms with Gasteiger partial charge in [0.15, 0.2) is 0 Å². The Morgan fingerprint density at radius 1 is 1.29 bits per heavy atom. The monoisotopic (exact) mass is 242 g/mol. The molecule has 0 aliphatic heterocycles. The minimum atomic E-state index is -4.41. The molecule has 0 bridgehead atoms. The summed E-state index contributed by atoms with van der Waals surface area (Å²) in [7, 11) is 0. The van der Waals surface area contributed by atoms with Crippen LogP contribution in [0.5, 0.6) is 0 Å². The number of rotatable bonds is 1. The quantitative estimate of drug-likeness (QED) is 0.819. The molecule has 0 saturated carbocycles. The number of benzene rings is 1. The number of aryl methyl sites for hydroxylation is 1. The molecule has 0 saturated heterocycles. The van der Waals surface area contributed by atoms with E-state index in [1.165, 1.54) is 22.9 Å². The van der Waals surface area contributed by atoms with Gasteiger partial charge in [-0.3, -0.25) is 4.57 Å². The van der Waals surface area contributed by atoms with E-state index in [1.807, 2.05) is 0 Å². The maximum atomic E-state index is 12.5. The van der Waals surface area contributed by atoms with Crippen LogP contribution in [-0.4, -0.2) is 9.55 Å². The Balaban J connectivity index is 2.59. The highest BCUT2D eigenvalue weighted by atomic mass is 19.4. The first kappa shape index (κ1) is 11.5. The number of aromatic nitrogens is 2. The molecule has 90 valence electrons. The first-order chi connectivity index (χ1) is 7.89. The molecule has 0 aliphatic rings. The maximum Gasteiger partial charge on any atom is 0.416 e. The lowest BCUT2D eigenvalue weighted by molar-refractivity contribution is -0.137. The van der Waals surface area contributed by atoms with Crippen LogP contribution in [-0.2, 0) is 6.18 Å². The van der Waals surface area contributed by atoms with Crippen LogP contribution in [0.1, 0.15) is 11.3 Å². The lowest BCUT2D eigenvalue weighted by Crippen LogP contribution is -2.16. The van der Waals surface area contributed by atoms with E-state index < -0.39 is 17.4 Å². The van der Waals surface area contributed by atoms with Gasteiger partial charge in [-0.05, 0) is 25.1 Å². The van der Waals surface area contributed by atoms with E-state index in [1.54, 1.807) is 6.92 Å². The highest BCUT2D eigenvalue weighted by Gasteiger charge is 2.30. The first-order valence-electron chi connectivity index (χ1n) is 4.84. The van der Waals surface area contributed by atoms with Gasteiger partial charge in [0.25, 0.3) is 0 Å². The average Bonchev–Trinajstić information content (AvgIpc) is 2.57. The Kier molecular flexibility index (Phi) is 2.57. The summed E-state index contributed by atoms with van der Waals surface area (Å²) < 4.78 is 38.7. The molecule has 0 amide bonds. The van der Waals surface area contributed by atoms with Gasteiger partial charge in [-0.25, -0.2) is 4.79 Å². The highest BCUT2D eigenvalue weighted by Crippen LogP contribution is 2.30. The van der Waals surface area contributed by atoms with E-state index in [4.69, 9.17) is 0 Å². The predicted octanol–water partition coefficient (Wildman–Crippen LogP) is 2.49. The van der Waals surface area contributed by atoms with Crippen molar-refractivity contribution in [3.63, 3.8) is 0 Å². The number of imidazole rings is 1. The van der Waals surface area contributed by atoms with E-state index in [2.05, 4.69) is 4.98 Å². The molecule has 0 fully saturated rings. The SMILES string of the molecule is Cc1c[nH]c(=O)n1-c1cccc(C(F)(F)F)c1. The second kappa shape index (κ2) is 3.80. The Labute approximate surface area is 94.5 Å². The molecule has 0 aliphatic carbocycles. The van der Waals surface area contributed by atoms with E-state index >= 15 is 0 Å². The summed E-state index contributed by atoms with van der Waals surface area (Å²) in [5, 5.41) is 0. The number of hydrogen-bond donors (Lipinski definition) is 1. The summed E-state index contributed by atoms with van der Waals surface area (Å²) >= 11 is 0. The van der Waals surface area contributed by atoms with Gasteiger partial charge in [-0.2, -0.15) is 13.2 Å². The van der Waals surface area contributed by atoms with Gasteiger partial charge in [0.05, 0.1) is 11.3 Å². The number of alkyl halides is 3. The Morgan fingerprint density at radius 2 is 2.00 bits per heavy atom. The standard InChI is InChI=1S/C11H9F3N2O/c1-7-6-15-10(17)16(7)9-4-2-3-8(5-9)11(12,13)14/h2-6H,1H3,(H,15,17). The largest absolute Gasteiger partial charge is 0.416 e. The Hall–Kier alpha value is -1.98. The van der Waals surface area contributed by atoms with E-state index in [-0.39, 0.29) is 5.69 Å². The minimum Gasteiger partial charge on any atom is -0.312 e. The molecule has 0 unspecified atom stereocenters. The van der Waals surface area contributed by atoms with Crippen LogP contribution in [0.4, 0.5) is 13.2 Å². The fourth-order valence-electron chi connectivity index (χ4n) is 1.60. The predicted molar refractivity (Wildman–Crippen MR) is 56.1 cm³/mol. The molecule has 0 radical (unpaired) electrons. The van der Waals surface area contributed by atoms with Crippen molar-refractivity contribution in [3.8, 4) is 5.69 Å². The van der Waals surface area contributed by atoms with Crippen molar-refractivity contribution in [2.24, 2.45) is 0 Å². The number of aromatic amines is 1. The van der Waals surface area contributed by atoms with Crippen LogP contribution in [0.2, 0.25) is 0 Å². The molecule has 0 atom stereocenters. The zero-order valence-electron chi connectivity index (χ0n) is 8.88. The van der Waals surface area contributed by atoms with E-state index in [0.717, 1.165) is 12.1 Å². The Bertz CT molecular complexity index is 595. The highest BCUT2D eigenvalue weighted by molar-refractivity contribution is 5.38. The van der Waals surface area contributed by atoms with Crippen LogP contribution < -0.4 is 5.69 Å². The number of nitrogens with one attached hydrogen (secondary N) is 1. The molecule has 1 heterocycles. The number of H-pyrrole nitrogens is 1. The second-order valence-electron chi connectivity index (χ2n) is 3.62. The van der Waals surface area contributed by atoms with Crippen LogP contribution in [0.3, 0.4) is 0 Å². The fourth-order valence-corrected chi connectivity index (χ4v) is 1.60. The molecule has 2 rings (SSSR count). The number of nitrogens with zero attached hydrogens (tertiary/aromatic N) is 1. The van der Waals surface area contributed by atoms with Crippen molar-refractivity contribution in [1.82, 2.24) is 9.55 Å². The molecular formula is C11H9F3N2O. The third-order valence-electron chi connectivity index (χ3n) is 2.39. The first-order valence-corrected chi connectivity index (χ1v) is 4.84. The molecule has 1 aromatic heterocycles. The third kappa shape index (κ3) is 2.11. The van der Waals surface area contributed by atoms with Gasteiger partial charge in [-0.1, -0.05) is 6.07 Å².